The molecular formula is C17H14O3. The van der Waals surface area contributed by atoms with E-state index < -0.39 is 17.7 Å². The monoisotopic (exact) mass is 266 g/mol. The summed E-state index contributed by atoms with van der Waals surface area (Å²) in [4.78, 5) is 24.4. The molecule has 1 unspecified atom stereocenters. The Labute approximate surface area is 117 Å². The molecule has 0 bridgehead atoms. The summed E-state index contributed by atoms with van der Waals surface area (Å²) >= 11 is 0. The molecule has 20 heavy (non-hydrogen) atoms. The standard InChI is InChI=1S/C17H14O3/c1-10-3-6-12(7-4-10)17-16(19)15(18)13-9-11(2)5-8-14(13)20-17/h3-9,17H,1-2H3. The van der Waals surface area contributed by atoms with Crippen molar-refractivity contribution in [3.8, 4) is 5.75 Å². The van der Waals surface area contributed by atoms with Crippen LogP contribution in [0.25, 0.3) is 0 Å². The predicted molar refractivity (Wildman–Crippen MR) is 75.1 cm³/mol. The molecular weight excluding hydrogens is 252 g/mol. The molecule has 0 radical (unpaired) electrons. The average Bonchev–Trinajstić information content (AvgIpc) is 2.44. The maximum absolute atomic E-state index is 12.2. The fourth-order valence-electron chi connectivity index (χ4n) is 2.32. The molecule has 0 fully saturated rings. The molecule has 3 nitrogen and oxygen atoms in total. The van der Waals surface area contributed by atoms with Crippen LogP contribution in [0.5, 0.6) is 5.75 Å². The van der Waals surface area contributed by atoms with E-state index in [1.807, 2.05) is 44.2 Å². The first-order valence-corrected chi connectivity index (χ1v) is 6.48. The van der Waals surface area contributed by atoms with E-state index in [2.05, 4.69) is 0 Å². The van der Waals surface area contributed by atoms with Gasteiger partial charge < -0.3 is 4.74 Å². The van der Waals surface area contributed by atoms with Gasteiger partial charge >= 0.3 is 0 Å². The molecule has 0 N–H and O–H groups in total. The second-order valence-electron chi connectivity index (χ2n) is 5.10. The molecule has 1 heterocycles. The van der Waals surface area contributed by atoms with Gasteiger partial charge in [0, 0.05) is 5.56 Å². The van der Waals surface area contributed by atoms with Crippen LogP contribution in [0.2, 0.25) is 0 Å². The number of hydrogen-bond acceptors (Lipinski definition) is 3. The van der Waals surface area contributed by atoms with Crippen LogP contribution in [-0.2, 0) is 4.79 Å². The molecule has 3 rings (SSSR count). The molecule has 0 amide bonds. The van der Waals surface area contributed by atoms with E-state index in [1.165, 1.54) is 0 Å². The van der Waals surface area contributed by atoms with Gasteiger partial charge in [0.1, 0.15) is 5.75 Å². The zero-order chi connectivity index (χ0) is 14.3. The number of aryl methyl sites for hydroxylation is 2. The first-order valence-electron chi connectivity index (χ1n) is 6.48. The Morgan fingerprint density at radius 3 is 2.25 bits per heavy atom. The van der Waals surface area contributed by atoms with E-state index >= 15 is 0 Å². The summed E-state index contributed by atoms with van der Waals surface area (Å²) in [6.45, 7) is 3.85. The highest BCUT2D eigenvalue weighted by Crippen LogP contribution is 2.33. The Hall–Kier alpha value is -2.42. The SMILES string of the molecule is Cc1ccc(C2Oc3ccc(C)cc3C(=O)C2=O)cc1. The zero-order valence-corrected chi connectivity index (χ0v) is 11.3. The second kappa shape index (κ2) is 4.60. The number of ether oxygens (including phenoxy) is 1. The summed E-state index contributed by atoms with van der Waals surface area (Å²) in [5, 5.41) is 0. The molecule has 3 heteroatoms. The van der Waals surface area contributed by atoms with Crippen molar-refractivity contribution in [1.82, 2.24) is 0 Å². The maximum atomic E-state index is 12.2. The van der Waals surface area contributed by atoms with Crippen molar-refractivity contribution in [3.63, 3.8) is 0 Å². The number of hydrogen-bond donors (Lipinski definition) is 0. The van der Waals surface area contributed by atoms with Crippen LogP contribution in [-0.4, -0.2) is 11.6 Å². The minimum Gasteiger partial charge on any atom is -0.477 e. The summed E-state index contributed by atoms with van der Waals surface area (Å²) in [5.41, 5.74) is 3.10. The third kappa shape index (κ3) is 2.01. The van der Waals surface area contributed by atoms with Crippen LogP contribution in [0, 0.1) is 13.8 Å². The second-order valence-corrected chi connectivity index (χ2v) is 5.10. The first-order chi connectivity index (χ1) is 9.56. The summed E-state index contributed by atoms with van der Waals surface area (Å²) in [5.74, 6) is -0.502. The van der Waals surface area contributed by atoms with Gasteiger partial charge in [0.25, 0.3) is 0 Å². The Bertz CT molecular complexity index is 699. The highest BCUT2D eigenvalue weighted by Gasteiger charge is 2.36. The number of ketones is 2. The van der Waals surface area contributed by atoms with Gasteiger partial charge in [-0.3, -0.25) is 9.59 Å². The summed E-state index contributed by atoms with van der Waals surface area (Å²) in [6, 6.07) is 12.8. The minimum absolute atomic E-state index is 0.360. The lowest BCUT2D eigenvalue weighted by molar-refractivity contribution is -0.122. The van der Waals surface area contributed by atoms with Gasteiger partial charge in [-0.05, 0) is 26.0 Å². The van der Waals surface area contributed by atoms with Crippen molar-refractivity contribution in [2.24, 2.45) is 0 Å². The van der Waals surface area contributed by atoms with Crippen LogP contribution in [0.1, 0.15) is 33.2 Å². The lowest BCUT2D eigenvalue weighted by Gasteiger charge is -2.24. The molecule has 2 aromatic carbocycles. The van der Waals surface area contributed by atoms with Crippen molar-refractivity contribution in [1.29, 1.82) is 0 Å². The number of benzene rings is 2. The Morgan fingerprint density at radius 2 is 1.55 bits per heavy atom. The van der Waals surface area contributed by atoms with Crippen molar-refractivity contribution >= 4 is 11.6 Å². The quantitative estimate of drug-likeness (QED) is 0.744. The van der Waals surface area contributed by atoms with Gasteiger partial charge in [0.05, 0.1) is 5.56 Å². The molecule has 100 valence electrons. The van der Waals surface area contributed by atoms with Crippen molar-refractivity contribution in [2.45, 2.75) is 20.0 Å². The molecule has 0 aromatic heterocycles. The molecule has 0 spiro atoms. The fourth-order valence-corrected chi connectivity index (χ4v) is 2.32. The van der Waals surface area contributed by atoms with Crippen LogP contribution in [0.4, 0.5) is 0 Å². The summed E-state index contributed by atoms with van der Waals surface area (Å²) in [7, 11) is 0. The highest BCUT2D eigenvalue weighted by molar-refractivity contribution is 6.46. The fraction of sp³-hybridized carbons (Fsp3) is 0.176. The van der Waals surface area contributed by atoms with Gasteiger partial charge in [-0.15, -0.1) is 0 Å². The highest BCUT2D eigenvalue weighted by atomic mass is 16.5. The van der Waals surface area contributed by atoms with Crippen LogP contribution >= 0.6 is 0 Å². The lowest BCUT2D eigenvalue weighted by Crippen LogP contribution is -2.31. The van der Waals surface area contributed by atoms with Gasteiger partial charge in [-0.1, -0.05) is 41.5 Å². The Balaban J connectivity index is 2.04. The Morgan fingerprint density at radius 1 is 0.900 bits per heavy atom. The number of rotatable bonds is 1. The van der Waals surface area contributed by atoms with Gasteiger partial charge in [0.15, 0.2) is 6.10 Å². The van der Waals surface area contributed by atoms with E-state index in [4.69, 9.17) is 4.74 Å². The molecule has 1 aliphatic rings. The number of carbonyl (C=O) groups excluding carboxylic acids is 2. The molecule has 0 saturated heterocycles. The summed E-state index contributed by atoms with van der Waals surface area (Å²) in [6.07, 6.45) is -0.835. The van der Waals surface area contributed by atoms with Crippen molar-refractivity contribution in [3.05, 3.63) is 64.7 Å². The lowest BCUT2D eigenvalue weighted by atomic mass is 9.94. The Kier molecular flexibility index (Phi) is 2.90. The van der Waals surface area contributed by atoms with E-state index in [0.29, 0.717) is 16.9 Å². The molecule has 0 saturated carbocycles. The minimum atomic E-state index is -0.835. The van der Waals surface area contributed by atoms with Crippen LogP contribution < -0.4 is 4.74 Å². The smallest absolute Gasteiger partial charge is 0.248 e. The topological polar surface area (TPSA) is 43.4 Å². The number of Topliss-reactive ketones (excluding diaryl/α,β-unsaturated/α-hetero) is 2. The van der Waals surface area contributed by atoms with Gasteiger partial charge in [0.2, 0.25) is 11.6 Å². The first kappa shape index (κ1) is 12.6. The third-order valence-corrected chi connectivity index (χ3v) is 3.47. The van der Waals surface area contributed by atoms with Crippen LogP contribution in [0.3, 0.4) is 0 Å². The maximum Gasteiger partial charge on any atom is 0.248 e. The van der Waals surface area contributed by atoms with Gasteiger partial charge in [-0.25, -0.2) is 0 Å². The van der Waals surface area contributed by atoms with E-state index in [-0.39, 0.29) is 0 Å². The molecule has 2 aromatic rings. The molecule has 1 atom stereocenters. The largest absolute Gasteiger partial charge is 0.477 e. The van der Waals surface area contributed by atoms with E-state index in [0.717, 1.165) is 11.1 Å². The van der Waals surface area contributed by atoms with E-state index in [1.54, 1.807) is 12.1 Å². The van der Waals surface area contributed by atoms with Crippen molar-refractivity contribution < 1.29 is 14.3 Å². The number of fused-ring (bicyclic) bond motifs is 1. The predicted octanol–water partition coefficient (Wildman–Crippen LogP) is 3.19. The van der Waals surface area contributed by atoms with Gasteiger partial charge in [-0.2, -0.15) is 0 Å². The zero-order valence-electron chi connectivity index (χ0n) is 11.3. The van der Waals surface area contributed by atoms with Crippen LogP contribution in [0.15, 0.2) is 42.5 Å². The normalized spacial score (nSPS) is 17.6. The third-order valence-electron chi connectivity index (χ3n) is 3.47. The molecule has 0 aliphatic carbocycles. The number of carbonyl (C=O) groups is 2. The summed E-state index contributed by atoms with van der Waals surface area (Å²) < 4.78 is 5.73. The molecule has 1 aliphatic heterocycles. The average molecular weight is 266 g/mol. The van der Waals surface area contributed by atoms with Crippen molar-refractivity contribution in [2.75, 3.05) is 0 Å². The van der Waals surface area contributed by atoms with E-state index in [9.17, 15) is 9.59 Å².